The van der Waals surface area contributed by atoms with E-state index in [2.05, 4.69) is 15.6 Å². The minimum Gasteiger partial charge on any atom is -0.443 e. The first kappa shape index (κ1) is 22.7. The molecule has 1 heterocycles. The molecule has 4 rings (SSSR count). The highest BCUT2D eigenvalue weighted by Crippen LogP contribution is 2.35. The van der Waals surface area contributed by atoms with Crippen LogP contribution in [0.15, 0.2) is 60.8 Å². The molecular weight excluding hydrogens is 449 g/mol. The zero-order chi connectivity index (χ0) is 23.4. The third-order valence-corrected chi connectivity index (χ3v) is 5.69. The molecule has 33 heavy (non-hydrogen) atoms. The highest BCUT2D eigenvalue weighted by atomic mass is 35.5. The van der Waals surface area contributed by atoms with Gasteiger partial charge in [-0.25, -0.2) is 9.18 Å². The maximum Gasteiger partial charge on any atom is 0.408 e. The van der Waals surface area contributed by atoms with Gasteiger partial charge in [0.15, 0.2) is 0 Å². The first-order valence-electron chi connectivity index (χ1n) is 10.2. The summed E-state index contributed by atoms with van der Waals surface area (Å²) in [6, 6.07) is 14.1. The smallest absolute Gasteiger partial charge is 0.408 e. The minimum atomic E-state index is -0.614. The van der Waals surface area contributed by atoms with Crippen molar-refractivity contribution in [2.75, 3.05) is 12.4 Å². The largest absolute Gasteiger partial charge is 0.443 e. The number of hydrogen-bond acceptors (Lipinski definition) is 5. The maximum atomic E-state index is 13.4. The number of benzene rings is 2. The van der Waals surface area contributed by atoms with Crippen LogP contribution in [0.25, 0.3) is 0 Å². The lowest BCUT2D eigenvalue weighted by molar-refractivity contribution is 0.0709. The second kappa shape index (κ2) is 9.97. The van der Waals surface area contributed by atoms with Crippen molar-refractivity contribution in [3.8, 4) is 0 Å². The predicted molar refractivity (Wildman–Crippen MR) is 121 cm³/mol. The van der Waals surface area contributed by atoms with Gasteiger partial charge >= 0.3 is 6.09 Å². The molecule has 0 radical (unpaired) electrons. The third kappa shape index (κ3) is 5.13. The van der Waals surface area contributed by atoms with Gasteiger partial charge in [0, 0.05) is 31.0 Å². The number of hydrogen-bond donors (Lipinski definition) is 2. The first-order valence-corrected chi connectivity index (χ1v) is 10.6. The highest BCUT2D eigenvalue weighted by molar-refractivity contribution is 6.31. The topological polar surface area (TPSA) is 89.6 Å². The van der Waals surface area contributed by atoms with Crippen molar-refractivity contribution in [3.05, 3.63) is 94.0 Å². The Morgan fingerprint density at radius 1 is 1.18 bits per heavy atom. The SMILES string of the molecule is CO[C@@H]1Cc2c(C(=O)Nc3ccc(F)c(Cl)c3)cccc2[C@H]1NC(=O)OCc1ccccn1. The number of carbonyl (C=O) groups is 2. The summed E-state index contributed by atoms with van der Waals surface area (Å²) >= 11 is 5.81. The van der Waals surface area contributed by atoms with Gasteiger partial charge in [0.25, 0.3) is 5.91 Å². The number of amides is 2. The van der Waals surface area contributed by atoms with Gasteiger partial charge < -0.3 is 20.1 Å². The average Bonchev–Trinajstić information content (AvgIpc) is 3.18. The average molecular weight is 470 g/mol. The van der Waals surface area contributed by atoms with Crippen LogP contribution in [0.4, 0.5) is 14.9 Å². The van der Waals surface area contributed by atoms with Gasteiger partial charge in [-0.3, -0.25) is 9.78 Å². The van der Waals surface area contributed by atoms with E-state index in [1.165, 1.54) is 18.2 Å². The molecule has 2 atom stereocenters. The van der Waals surface area contributed by atoms with Gasteiger partial charge in [-0.15, -0.1) is 0 Å². The zero-order valence-electron chi connectivity index (χ0n) is 17.7. The molecule has 2 amide bonds. The molecule has 2 aromatic carbocycles. The summed E-state index contributed by atoms with van der Waals surface area (Å²) in [5.74, 6) is -0.940. The van der Waals surface area contributed by atoms with E-state index in [0.717, 1.165) is 11.1 Å². The van der Waals surface area contributed by atoms with Gasteiger partial charge in [-0.1, -0.05) is 29.8 Å². The first-order chi connectivity index (χ1) is 16.0. The van der Waals surface area contributed by atoms with Crippen molar-refractivity contribution in [1.29, 1.82) is 0 Å². The maximum absolute atomic E-state index is 13.4. The van der Waals surface area contributed by atoms with E-state index >= 15 is 0 Å². The summed E-state index contributed by atoms with van der Waals surface area (Å²) in [4.78, 5) is 29.5. The Kier molecular flexibility index (Phi) is 6.86. The van der Waals surface area contributed by atoms with Crippen LogP contribution in [0.1, 0.15) is 33.2 Å². The summed E-state index contributed by atoms with van der Waals surface area (Å²) in [6.07, 6.45) is 1.05. The number of rotatable bonds is 6. The molecule has 0 saturated heterocycles. The van der Waals surface area contributed by atoms with Gasteiger partial charge in [0.2, 0.25) is 0 Å². The van der Waals surface area contributed by atoms with Crippen molar-refractivity contribution >= 4 is 29.3 Å². The molecule has 0 bridgehead atoms. The fourth-order valence-electron chi connectivity index (χ4n) is 3.81. The van der Waals surface area contributed by atoms with Crippen LogP contribution in [-0.2, 0) is 22.5 Å². The lowest BCUT2D eigenvalue weighted by atomic mass is 10.0. The number of pyridine rings is 1. The van der Waals surface area contributed by atoms with Gasteiger partial charge in [-0.05, 0) is 47.5 Å². The molecule has 7 nitrogen and oxygen atoms in total. The molecule has 0 aliphatic heterocycles. The number of methoxy groups -OCH3 is 1. The molecule has 2 N–H and O–H groups in total. The van der Waals surface area contributed by atoms with Crippen molar-refractivity contribution in [2.45, 2.75) is 25.2 Å². The van der Waals surface area contributed by atoms with Crippen molar-refractivity contribution < 1.29 is 23.5 Å². The second-order valence-corrected chi connectivity index (χ2v) is 7.86. The number of halogens is 2. The van der Waals surface area contributed by atoms with E-state index in [1.54, 1.807) is 37.6 Å². The second-order valence-electron chi connectivity index (χ2n) is 7.45. The van der Waals surface area contributed by atoms with E-state index < -0.39 is 18.0 Å². The number of nitrogens with one attached hydrogen (secondary N) is 2. The zero-order valence-corrected chi connectivity index (χ0v) is 18.4. The predicted octanol–water partition coefficient (Wildman–Crippen LogP) is 4.67. The number of ether oxygens (including phenoxy) is 2. The van der Waals surface area contributed by atoms with Crippen LogP contribution in [-0.4, -0.2) is 30.2 Å². The molecule has 0 saturated carbocycles. The summed E-state index contributed by atoms with van der Waals surface area (Å²) in [6.45, 7) is 0.0343. The number of anilines is 1. The Morgan fingerprint density at radius 2 is 2.03 bits per heavy atom. The summed E-state index contributed by atoms with van der Waals surface area (Å²) < 4.78 is 24.3. The van der Waals surface area contributed by atoms with E-state index in [4.69, 9.17) is 21.1 Å². The molecule has 1 aliphatic rings. The van der Waals surface area contributed by atoms with E-state index in [9.17, 15) is 14.0 Å². The number of fused-ring (bicyclic) bond motifs is 1. The quantitative estimate of drug-likeness (QED) is 0.548. The van der Waals surface area contributed by atoms with Gasteiger partial charge in [0.05, 0.1) is 22.9 Å². The Balaban J connectivity index is 1.50. The van der Waals surface area contributed by atoms with Crippen LogP contribution in [0, 0.1) is 5.82 Å². The fourth-order valence-corrected chi connectivity index (χ4v) is 3.99. The summed E-state index contributed by atoms with van der Waals surface area (Å²) in [5.41, 5.74) is 2.95. The molecule has 0 spiro atoms. The number of alkyl carbamates (subject to hydrolysis) is 1. The molecule has 1 aromatic heterocycles. The van der Waals surface area contributed by atoms with Crippen LogP contribution in [0.5, 0.6) is 0 Å². The fraction of sp³-hybridized carbons (Fsp3) is 0.208. The van der Waals surface area contributed by atoms with Gasteiger partial charge in [-0.2, -0.15) is 0 Å². The van der Waals surface area contributed by atoms with Crippen molar-refractivity contribution in [2.24, 2.45) is 0 Å². The molecule has 9 heteroatoms. The standard InChI is InChI=1S/C24H21ClFN3O4/c1-32-21-12-18-16(22(21)29-24(31)33-13-15-5-2-3-10-27-15)6-4-7-17(18)23(30)28-14-8-9-20(26)19(25)11-14/h2-11,21-22H,12-13H2,1H3,(H,28,30)(H,29,31)/t21-,22-/m1/s1. The molecule has 1 aliphatic carbocycles. The molecular formula is C24H21ClFN3O4. The van der Waals surface area contributed by atoms with E-state index in [0.29, 0.717) is 23.4 Å². The summed E-state index contributed by atoms with van der Waals surface area (Å²) in [5, 5.41) is 5.48. The van der Waals surface area contributed by atoms with E-state index in [-0.39, 0.29) is 23.6 Å². The van der Waals surface area contributed by atoms with Crippen molar-refractivity contribution in [3.63, 3.8) is 0 Å². The molecule has 170 valence electrons. The lowest BCUT2D eigenvalue weighted by Gasteiger charge is -2.20. The van der Waals surface area contributed by atoms with E-state index in [1.807, 2.05) is 12.1 Å². The summed E-state index contributed by atoms with van der Waals surface area (Å²) in [7, 11) is 1.55. The number of nitrogens with zero attached hydrogens (tertiary/aromatic N) is 1. The van der Waals surface area contributed by atoms with Crippen LogP contribution in [0.3, 0.4) is 0 Å². The molecule has 0 unspecified atom stereocenters. The molecule has 3 aromatic rings. The Bertz CT molecular complexity index is 1180. The van der Waals surface area contributed by atoms with Crippen LogP contribution < -0.4 is 10.6 Å². The molecule has 0 fully saturated rings. The number of aromatic nitrogens is 1. The third-order valence-electron chi connectivity index (χ3n) is 5.40. The highest BCUT2D eigenvalue weighted by Gasteiger charge is 2.36. The number of carbonyl (C=O) groups excluding carboxylic acids is 2. The Morgan fingerprint density at radius 3 is 2.76 bits per heavy atom. The van der Waals surface area contributed by atoms with Gasteiger partial charge in [0.1, 0.15) is 12.4 Å². The Labute approximate surface area is 194 Å². The van der Waals surface area contributed by atoms with Crippen LogP contribution >= 0.6 is 11.6 Å². The lowest BCUT2D eigenvalue weighted by Crippen LogP contribution is -2.35. The van der Waals surface area contributed by atoms with Crippen molar-refractivity contribution in [1.82, 2.24) is 10.3 Å². The minimum absolute atomic E-state index is 0.0343. The monoisotopic (exact) mass is 469 g/mol. The van der Waals surface area contributed by atoms with Crippen LogP contribution in [0.2, 0.25) is 5.02 Å². The normalized spacial score (nSPS) is 16.7. The Hall–Kier alpha value is -3.49.